The second-order valence-electron chi connectivity index (χ2n) is 8.77. The predicted octanol–water partition coefficient (Wildman–Crippen LogP) is 7.22. The van der Waals surface area contributed by atoms with E-state index < -0.39 is 12.8 Å². The van der Waals surface area contributed by atoms with Gasteiger partial charge in [-0.25, -0.2) is 9.37 Å². The number of rotatable bonds is 14. The van der Waals surface area contributed by atoms with Crippen LogP contribution in [0.3, 0.4) is 0 Å². The van der Waals surface area contributed by atoms with Crippen molar-refractivity contribution >= 4 is 17.6 Å². The Balaban J connectivity index is 1.98. The summed E-state index contributed by atoms with van der Waals surface area (Å²) in [6.07, 6.45) is 10.9. The van der Waals surface area contributed by atoms with E-state index in [-0.39, 0.29) is 37.4 Å². The molecule has 40 heavy (non-hydrogen) atoms. The first-order valence-corrected chi connectivity index (χ1v) is 14.0. The SMILES string of the molecule is CC/C=C(/C=C\C=C\CC)CSc1nc(N2CC(F)C2)c(C#N)c(-c2ccc(OCCOC(F)F)cc2)c1C#N. The molecule has 2 heterocycles. The van der Waals surface area contributed by atoms with Gasteiger partial charge in [-0.15, -0.1) is 11.8 Å². The van der Waals surface area contributed by atoms with Crippen molar-refractivity contribution in [1.29, 1.82) is 10.5 Å². The molecule has 1 aromatic carbocycles. The Bertz CT molecular complexity index is 1310. The highest BCUT2D eigenvalue weighted by Crippen LogP contribution is 2.40. The summed E-state index contributed by atoms with van der Waals surface area (Å²) in [6, 6.07) is 11.1. The van der Waals surface area contributed by atoms with E-state index in [1.54, 1.807) is 29.2 Å². The second kappa shape index (κ2) is 15.8. The Labute approximate surface area is 237 Å². The molecule has 2 aromatic rings. The Kier molecular flexibility index (Phi) is 12.1. The van der Waals surface area contributed by atoms with Crippen LogP contribution in [0.4, 0.5) is 19.0 Å². The summed E-state index contributed by atoms with van der Waals surface area (Å²) >= 11 is 1.39. The zero-order chi connectivity index (χ0) is 28.9. The monoisotopic (exact) mass is 568 g/mol. The number of aromatic nitrogens is 1. The minimum Gasteiger partial charge on any atom is -0.491 e. The molecule has 1 saturated heterocycles. The smallest absolute Gasteiger partial charge is 0.345 e. The van der Waals surface area contributed by atoms with Crippen molar-refractivity contribution in [2.24, 2.45) is 0 Å². The number of alkyl halides is 3. The summed E-state index contributed by atoms with van der Waals surface area (Å²) in [5, 5.41) is 20.8. The van der Waals surface area contributed by atoms with Gasteiger partial charge in [0.2, 0.25) is 0 Å². The number of benzene rings is 1. The van der Waals surface area contributed by atoms with Gasteiger partial charge in [0.15, 0.2) is 0 Å². The fourth-order valence-electron chi connectivity index (χ4n) is 3.98. The molecule has 0 N–H and O–H groups in total. The van der Waals surface area contributed by atoms with Crippen LogP contribution in [0.2, 0.25) is 0 Å². The molecule has 0 amide bonds. The van der Waals surface area contributed by atoms with Gasteiger partial charge >= 0.3 is 6.61 Å². The van der Waals surface area contributed by atoms with Crippen LogP contribution in [0, 0.1) is 22.7 Å². The number of pyridine rings is 1. The average molecular weight is 569 g/mol. The first kappa shape index (κ1) is 30.8. The summed E-state index contributed by atoms with van der Waals surface area (Å²) in [7, 11) is 0. The Morgan fingerprint density at radius 2 is 1.82 bits per heavy atom. The third-order valence-corrected chi connectivity index (χ3v) is 6.93. The van der Waals surface area contributed by atoms with Gasteiger partial charge < -0.3 is 14.4 Å². The molecule has 0 bridgehead atoms. The van der Waals surface area contributed by atoms with Crippen LogP contribution in [0.5, 0.6) is 5.75 Å². The highest BCUT2D eigenvalue weighted by atomic mass is 32.2. The highest BCUT2D eigenvalue weighted by Gasteiger charge is 2.32. The number of anilines is 1. The number of allylic oxidation sites excluding steroid dienone is 5. The van der Waals surface area contributed by atoms with Crippen molar-refractivity contribution in [1.82, 2.24) is 4.98 Å². The lowest BCUT2D eigenvalue weighted by atomic mass is 9.95. The topological polar surface area (TPSA) is 82.2 Å². The number of hydrogen-bond acceptors (Lipinski definition) is 7. The maximum absolute atomic E-state index is 13.8. The fourth-order valence-corrected chi connectivity index (χ4v) is 4.94. The molecule has 0 unspecified atom stereocenters. The Hall–Kier alpha value is -3.73. The van der Waals surface area contributed by atoms with E-state index in [9.17, 15) is 23.7 Å². The molecule has 0 aliphatic carbocycles. The number of nitrogens with zero attached hydrogens (tertiary/aromatic N) is 4. The largest absolute Gasteiger partial charge is 0.491 e. The number of nitriles is 2. The van der Waals surface area contributed by atoms with Gasteiger partial charge in [-0.1, -0.05) is 56.4 Å². The van der Waals surface area contributed by atoms with Gasteiger partial charge in [-0.05, 0) is 36.1 Å². The van der Waals surface area contributed by atoms with Gasteiger partial charge in [-0.3, -0.25) is 0 Å². The lowest BCUT2D eigenvalue weighted by Gasteiger charge is -2.36. The minimum absolute atomic E-state index is 0.0631. The molecule has 3 rings (SSSR count). The maximum atomic E-state index is 13.8. The number of thioether (sulfide) groups is 1. The lowest BCUT2D eigenvalue weighted by molar-refractivity contribution is -0.133. The van der Waals surface area contributed by atoms with Gasteiger partial charge in [-0.2, -0.15) is 19.3 Å². The number of halogens is 3. The molecule has 1 aliphatic rings. The molecule has 6 nitrogen and oxygen atoms in total. The Morgan fingerprint density at radius 1 is 1.10 bits per heavy atom. The molecule has 1 fully saturated rings. The van der Waals surface area contributed by atoms with Crippen molar-refractivity contribution in [3.63, 3.8) is 0 Å². The third-order valence-electron chi connectivity index (χ3n) is 5.88. The van der Waals surface area contributed by atoms with E-state index >= 15 is 0 Å². The standard InChI is InChI=1S/C30H31F3N4O2S/c1-3-5-6-7-9-21(8-4-2)20-40-29-26(17-35)27(25(16-34)28(36-29)37-18-23(31)19-37)22-10-12-24(13-11-22)38-14-15-39-30(32)33/h5-13,23,30H,3-4,14-15,18-20H2,1-2H3/b6-5+,9-7-,21-8-. The molecule has 0 radical (unpaired) electrons. The summed E-state index contributed by atoms with van der Waals surface area (Å²) in [4.78, 5) is 6.40. The van der Waals surface area contributed by atoms with Crippen molar-refractivity contribution < 1.29 is 22.6 Å². The van der Waals surface area contributed by atoms with E-state index in [4.69, 9.17) is 9.72 Å². The zero-order valence-corrected chi connectivity index (χ0v) is 23.3. The quantitative estimate of drug-likeness (QED) is 0.135. The molecule has 0 spiro atoms. The number of ether oxygens (including phenoxy) is 2. The lowest BCUT2D eigenvalue weighted by Crippen LogP contribution is -2.49. The normalized spacial score (nSPS) is 14.1. The van der Waals surface area contributed by atoms with E-state index in [0.29, 0.717) is 33.5 Å². The zero-order valence-electron chi connectivity index (χ0n) is 22.4. The van der Waals surface area contributed by atoms with Crippen LogP contribution in [-0.2, 0) is 4.74 Å². The van der Waals surface area contributed by atoms with E-state index in [1.165, 1.54) is 11.8 Å². The minimum atomic E-state index is -2.87. The van der Waals surface area contributed by atoms with Crippen molar-refractivity contribution in [3.05, 3.63) is 71.3 Å². The molecule has 0 saturated carbocycles. The first-order valence-electron chi connectivity index (χ1n) is 13.0. The van der Waals surface area contributed by atoms with Gasteiger partial charge in [0.05, 0.1) is 25.3 Å². The summed E-state index contributed by atoms with van der Waals surface area (Å²) < 4.78 is 47.8. The van der Waals surface area contributed by atoms with Gasteiger partial charge in [0, 0.05) is 11.3 Å². The van der Waals surface area contributed by atoms with Crippen molar-refractivity contribution in [2.45, 2.75) is 44.5 Å². The van der Waals surface area contributed by atoms with Crippen molar-refractivity contribution in [3.8, 4) is 29.0 Å². The third kappa shape index (κ3) is 8.38. The molecular weight excluding hydrogens is 537 g/mol. The molecule has 10 heteroatoms. The average Bonchev–Trinajstić information content (AvgIpc) is 2.94. The van der Waals surface area contributed by atoms with Gasteiger partial charge in [0.1, 0.15) is 47.1 Å². The maximum Gasteiger partial charge on any atom is 0.345 e. The van der Waals surface area contributed by atoms with Crippen LogP contribution < -0.4 is 9.64 Å². The van der Waals surface area contributed by atoms with Crippen LogP contribution in [0.1, 0.15) is 37.8 Å². The first-order chi connectivity index (χ1) is 19.4. The second-order valence-corrected chi connectivity index (χ2v) is 9.73. The van der Waals surface area contributed by atoms with Crippen LogP contribution >= 0.6 is 11.8 Å². The fraction of sp³-hybridized carbons (Fsp3) is 0.367. The Morgan fingerprint density at radius 3 is 2.42 bits per heavy atom. The van der Waals surface area contributed by atoms with Crippen LogP contribution in [0.25, 0.3) is 11.1 Å². The molecule has 0 atom stereocenters. The molecular formula is C30H31F3N4O2S. The molecule has 210 valence electrons. The van der Waals surface area contributed by atoms with Gasteiger partial charge in [0.25, 0.3) is 0 Å². The van der Waals surface area contributed by atoms with E-state index in [0.717, 1.165) is 18.4 Å². The summed E-state index contributed by atoms with van der Waals surface area (Å²) in [5.41, 5.74) is 2.51. The summed E-state index contributed by atoms with van der Waals surface area (Å²) in [5.74, 6) is 1.32. The van der Waals surface area contributed by atoms with Crippen LogP contribution in [0.15, 0.2) is 65.2 Å². The van der Waals surface area contributed by atoms with Crippen LogP contribution in [-0.4, -0.2) is 49.8 Å². The number of hydrogen-bond donors (Lipinski definition) is 0. The van der Waals surface area contributed by atoms with Crippen molar-refractivity contribution in [2.75, 3.05) is 37.0 Å². The highest BCUT2D eigenvalue weighted by molar-refractivity contribution is 7.99. The van der Waals surface area contributed by atoms with E-state index in [2.05, 4.69) is 36.0 Å². The predicted molar refractivity (Wildman–Crippen MR) is 151 cm³/mol. The molecule has 1 aliphatic heterocycles. The summed E-state index contributed by atoms with van der Waals surface area (Å²) in [6.45, 7) is 1.16. The molecule has 1 aromatic heterocycles. The van der Waals surface area contributed by atoms with E-state index in [1.807, 2.05) is 25.2 Å².